The summed E-state index contributed by atoms with van der Waals surface area (Å²) < 4.78 is 5.37. The van der Waals surface area contributed by atoms with E-state index in [0.29, 0.717) is 11.1 Å². The molecule has 7 nitrogen and oxygen atoms in total. The van der Waals surface area contributed by atoms with Crippen LogP contribution in [0.3, 0.4) is 0 Å². The van der Waals surface area contributed by atoms with E-state index in [9.17, 15) is 24.9 Å². The SMILES string of the molecule is C[C@H](CC(c1ccc(O)c(O)c1)[C@H](N)C(=O)O)OC(=O)c1ccccc1.Cl. The number of hydrogen-bond donors (Lipinski definition) is 4. The number of carboxylic acid groups (broad SMARTS) is 1. The molecular weight excluding hydrogens is 374 g/mol. The quantitative estimate of drug-likeness (QED) is 0.418. The van der Waals surface area contributed by atoms with Crippen LogP contribution in [0.5, 0.6) is 11.5 Å². The van der Waals surface area contributed by atoms with E-state index in [-0.39, 0.29) is 30.3 Å². The molecule has 0 aliphatic heterocycles. The van der Waals surface area contributed by atoms with Gasteiger partial charge in [0.15, 0.2) is 11.5 Å². The summed E-state index contributed by atoms with van der Waals surface area (Å²) in [6, 6.07) is 11.2. The number of aliphatic carboxylic acids is 1. The molecule has 0 aromatic heterocycles. The van der Waals surface area contributed by atoms with Gasteiger partial charge in [0.05, 0.1) is 5.56 Å². The number of carboxylic acids is 1. The molecule has 0 spiro atoms. The molecule has 27 heavy (non-hydrogen) atoms. The predicted molar refractivity (Wildman–Crippen MR) is 101 cm³/mol. The second-order valence-corrected chi connectivity index (χ2v) is 6.04. The standard InChI is InChI=1S/C19H21NO6.ClH/c1-11(26-19(25)12-5-3-2-4-6-12)9-14(17(20)18(23)24)13-7-8-15(21)16(22)10-13;/h2-8,10-11,14,17,21-22H,9,20H2,1H3,(H,23,24);1H/t11-,14?,17+;/m1./s1. The topological polar surface area (TPSA) is 130 Å². The molecule has 1 unspecified atom stereocenters. The molecule has 0 radical (unpaired) electrons. The lowest BCUT2D eigenvalue weighted by molar-refractivity contribution is -0.139. The normalized spacial score (nSPS) is 13.7. The molecule has 146 valence electrons. The van der Waals surface area contributed by atoms with E-state index >= 15 is 0 Å². The maximum Gasteiger partial charge on any atom is 0.338 e. The summed E-state index contributed by atoms with van der Waals surface area (Å²) in [5.74, 6) is -3.16. The molecule has 0 aliphatic carbocycles. The largest absolute Gasteiger partial charge is 0.504 e. The van der Waals surface area contributed by atoms with Crippen molar-refractivity contribution in [1.82, 2.24) is 0 Å². The first-order chi connectivity index (χ1) is 12.3. The lowest BCUT2D eigenvalue weighted by Crippen LogP contribution is -2.38. The zero-order valence-corrected chi connectivity index (χ0v) is 15.4. The van der Waals surface area contributed by atoms with Gasteiger partial charge in [-0.05, 0) is 43.2 Å². The van der Waals surface area contributed by atoms with Gasteiger partial charge in [0.2, 0.25) is 0 Å². The number of rotatable bonds is 7. The van der Waals surface area contributed by atoms with E-state index < -0.39 is 30.0 Å². The smallest absolute Gasteiger partial charge is 0.338 e. The Kier molecular flexibility index (Phi) is 8.08. The number of hydrogen-bond acceptors (Lipinski definition) is 6. The number of aromatic hydroxyl groups is 2. The van der Waals surface area contributed by atoms with Crippen LogP contribution in [0.4, 0.5) is 0 Å². The van der Waals surface area contributed by atoms with Crippen molar-refractivity contribution in [3.8, 4) is 11.5 Å². The highest BCUT2D eigenvalue weighted by molar-refractivity contribution is 5.89. The van der Waals surface area contributed by atoms with Crippen LogP contribution in [0.15, 0.2) is 48.5 Å². The third-order valence-electron chi connectivity index (χ3n) is 4.05. The molecule has 0 fully saturated rings. The number of benzene rings is 2. The van der Waals surface area contributed by atoms with Crippen molar-refractivity contribution in [2.24, 2.45) is 5.73 Å². The molecule has 5 N–H and O–H groups in total. The lowest BCUT2D eigenvalue weighted by atomic mass is 9.87. The molecule has 2 aromatic rings. The molecule has 3 atom stereocenters. The van der Waals surface area contributed by atoms with Gasteiger partial charge >= 0.3 is 11.9 Å². The van der Waals surface area contributed by atoms with Crippen LogP contribution in [0.2, 0.25) is 0 Å². The van der Waals surface area contributed by atoms with Crippen LogP contribution in [0, 0.1) is 0 Å². The van der Waals surface area contributed by atoms with Crippen LogP contribution < -0.4 is 5.73 Å². The van der Waals surface area contributed by atoms with Crippen LogP contribution in [0.25, 0.3) is 0 Å². The van der Waals surface area contributed by atoms with Crippen LogP contribution >= 0.6 is 12.4 Å². The minimum atomic E-state index is -1.27. The summed E-state index contributed by atoms with van der Waals surface area (Å²) >= 11 is 0. The van der Waals surface area contributed by atoms with Crippen molar-refractivity contribution in [2.75, 3.05) is 0 Å². The van der Waals surface area contributed by atoms with E-state index in [0.717, 1.165) is 0 Å². The summed E-state index contributed by atoms with van der Waals surface area (Å²) in [5.41, 5.74) is 6.61. The van der Waals surface area contributed by atoms with Gasteiger partial charge in [-0.25, -0.2) is 4.79 Å². The first kappa shape index (κ1) is 22.3. The molecule has 0 aliphatic rings. The second-order valence-electron chi connectivity index (χ2n) is 6.04. The van der Waals surface area contributed by atoms with Crippen LogP contribution in [0.1, 0.15) is 35.2 Å². The fourth-order valence-corrected chi connectivity index (χ4v) is 2.66. The lowest BCUT2D eigenvalue weighted by Gasteiger charge is -2.25. The highest BCUT2D eigenvalue weighted by Crippen LogP contribution is 2.32. The number of phenols is 2. The molecule has 0 bridgehead atoms. The summed E-state index contributed by atoms with van der Waals surface area (Å²) in [6.07, 6.45) is -0.481. The average Bonchev–Trinajstić information content (AvgIpc) is 2.62. The fourth-order valence-electron chi connectivity index (χ4n) is 2.66. The third-order valence-corrected chi connectivity index (χ3v) is 4.05. The summed E-state index contributed by atoms with van der Waals surface area (Å²) in [4.78, 5) is 23.5. The van der Waals surface area contributed by atoms with Crippen molar-refractivity contribution in [2.45, 2.75) is 31.4 Å². The first-order valence-electron chi connectivity index (χ1n) is 8.06. The van der Waals surface area contributed by atoms with Gasteiger partial charge in [-0.2, -0.15) is 0 Å². The van der Waals surface area contributed by atoms with E-state index in [1.807, 2.05) is 0 Å². The number of halogens is 1. The summed E-state index contributed by atoms with van der Waals surface area (Å²) in [7, 11) is 0. The Bertz CT molecular complexity index is 783. The Hall–Kier alpha value is -2.77. The number of ether oxygens (including phenoxy) is 1. The van der Waals surface area contributed by atoms with Gasteiger partial charge in [-0.3, -0.25) is 4.79 Å². The first-order valence-corrected chi connectivity index (χ1v) is 8.06. The van der Waals surface area contributed by atoms with Crippen molar-refractivity contribution >= 4 is 24.3 Å². The molecule has 0 heterocycles. The molecule has 2 aromatic carbocycles. The Balaban J connectivity index is 0.00000364. The van der Waals surface area contributed by atoms with E-state index in [2.05, 4.69) is 0 Å². The van der Waals surface area contributed by atoms with Gasteiger partial charge < -0.3 is 25.8 Å². The Morgan fingerprint density at radius 2 is 1.70 bits per heavy atom. The van der Waals surface area contributed by atoms with E-state index in [1.165, 1.54) is 18.2 Å². The Morgan fingerprint density at radius 3 is 2.26 bits per heavy atom. The van der Waals surface area contributed by atoms with Crippen molar-refractivity contribution < 1.29 is 29.6 Å². The molecule has 0 amide bonds. The van der Waals surface area contributed by atoms with E-state index in [1.54, 1.807) is 37.3 Å². The van der Waals surface area contributed by atoms with Gasteiger partial charge in [0.25, 0.3) is 0 Å². The predicted octanol–water partition coefficient (Wildman–Crippen LogP) is 2.65. The fraction of sp³-hybridized carbons (Fsp3) is 0.263. The van der Waals surface area contributed by atoms with Gasteiger partial charge in [0.1, 0.15) is 12.1 Å². The third kappa shape index (κ3) is 5.87. The monoisotopic (exact) mass is 395 g/mol. The minimum Gasteiger partial charge on any atom is -0.504 e. The zero-order chi connectivity index (χ0) is 19.3. The molecule has 0 saturated heterocycles. The average molecular weight is 396 g/mol. The van der Waals surface area contributed by atoms with Gasteiger partial charge in [-0.1, -0.05) is 24.3 Å². The van der Waals surface area contributed by atoms with Crippen molar-refractivity contribution in [3.05, 3.63) is 59.7 Å². The summed E-state index contributed by atoms with van der Waals surface area (Å²) in [6.45, 7) is 1.64. The zero-order valence-electron chi connectivity index (χ0n) is 14.6. The van der Waals surface area contributed by atoms with Gasteiger partial charge in [0, 0.05) is 5.92 Å². The maximum absolute atomic E-state index is 12.1. The molecule has 0 saturated carbocycles. The molecule has 8 heteroatoms. The second kappa shape index (κ2) is 9.80. The van der Waals surface area contributed by atoms with Crippen LogP contribution in [-0.4, -0.2) is 39.4 Å². The number of carbonyl (C=O) groups excluding carboxylic acids is 1. The maximum atomic E-state index is 12.1. The highest BCUT2D eigenvalue weighted by Gasteiger charge is 2.29. The number of esters is 1. The minimum absolute atomic E-state index is 0. The number of nitrogens with two attached hydrogens (primary N) is 1. The van der Waals surface area contributed by atoms with Gasteiger partial charge in [-0.15, -0.1) is 12.4 Å². The Labute approximate surface area is 162 Å². The van der Waals surface area contributed by atoms with Crippen molar-refractivity contribution in [3.63, 3.8) is 0 Å². The number of carbonyl (C=O) groups is 2. The number of phenolic OH excluding ortho intramolecular Hbond substituents is 2. The van der Waals surface area contributed by atoms with E-state index in [4.69, 9.17) is 10.5 Å². The molecule has 2 rings (SSSR count). The van der Waals surface area contributed by atoms with Crippen molar-refractivity contribution in [1.29, 1.82) is 0 Å². The highest BCUT2D eigenvalue weighted by atomic mass is 35.5. The summed E-state index contributed by atoms with van der Waals surface area (Å²) in [5, 5.41) is 28.4. The Morgan fingerprint density at radius 1 is 1.07 bits per heavy atom. The van der Waals surface area contributed by atoms with Crippen LogP contribution in [-0.2, 0) is 9.53 Å². The molecular formula is C19H22ClNO6.